The zero-order valence-electron chi connectivity index (χ0n) is 13.6. The summed E-state index contributed by atoms with van der Waals surface area (Å²) in [5, 5.41) is 3.55. The summed E-state index contributed by atoms with van der Waals surface area (Å²) in [4.78, 5) is 0.121. The van der Waals surface area contributed by atoms with Crippen LogP contribution in [-0.2, 0) is 28.1 Å². The molecule has 0 aliphatic carbocycles. The van der Waals surface area contributed by atoms with E-state index in [1.54, 1.807) is 20.8 Å². The highest BCUT2D eigenvalue weighted by Gasteiger charge is 2.36. The SMILES string of the molecule is CCOP(=O)(OCC)O/N=C1/C[C@H](C)S(=O)(=O)c2ccc(Cl)cc21. The van der Waals surface area contributed by atoms with Gasteiger partial charge in [-0.3, -0.25) is 13.7 Å². The van der Waals surface area contributed by atoms with E-state index in [2.05, 4.69) is 5.16 Å². The summed E-state index contributed by atoms with van der Waals surface area (Å²) in [6, 6.07) is 4.43. The van der Waals surface area contributed by atoms with Crippen LogP contribution in [0.25, 0.3) is 0 Å². The van der Waals surface area contributed by atoms with Gasteiger partial charge in [0, 0.05) is 17.0 Å². The lowest BCUT2D eigenvalue weighted by Gasteiger charge is -2.23. The van der Waals surface area contributed by atoms with Crippen molar-refractivity contribution in [1.29, 1.82) is 0 Å². The van der Waals surface area contributed by atoms with Crippen LogP contribution in [0.3, 0.4) is 0 Å². The highest BCUT2D eigenvalue weighted by atomic mass is 35.5. The first-order chi connectivity index (χ1) is 11.2. The van der Waals surface area contributed by atoms with Crippen molar-refractivity contribution in [1.82, 2.24) is 0 Å². The first-order valence-electron chi connectivity index (χ1n) is 7.42. The van der Waals surface area contributed by atoms with E-state index in [0.717, 1.165) is 0 Å². The largest absolute Gasteiger partial charge is 0.550 e. The molecule has 0 N–H and O–H groups in total. The lowest BCUT2D eigenvalue weighted by molar-refractivity contribution is 0.124. The second-order valence-corrected chi connectivity index (χ2v) is 9.45. The molecule has 24 heavy (non-hydrogen) atoms. The number of hydrogen-bond acceptors (Lipinski definition) is 7. The molecule has 0 saturated carbocycles. The predicted octanol–water partition coefficient (Wildman–Crippen LogP) is 3.81. The van der Waals surface area contributed by atoms with E-state index in [9.17, 15) is 13.0 Å². The number of halogens is 1. The molecule has 134 valence electrons. The summed E-state index contributed by atoms with van der Waals surface area (Å²) in [6.45, 7) is 5.11. The third kappa shape index (κ3) is 4.00. The van der Waals surface area contributed by atoms with Gasteiger partial charge in [-0.25, -0.2) is 13.0 Å². The fraction of sp³-hybridized carbons (Fsp3) is 0.500. The topological polar surface area (TPSA) is 91.3 Å². The van der Waals surface area contributed by atoms with E-state index < -0.39 is 22.9 Å². The van der Waals surface area contributed by atoms with Gasteiger partial charge in [-0.15, -0.1) is 0 Å². The van der Waals surface area contributed by atoms with Crippen molar-refractivity contribution in [3.05, 3.63) is 28.8 Å². The number of nitrogens with zero attached hydrogens (tertiary/aromatic N) is 1. The average Bonchev–Trinajstić information content (AvgIpc) is 2.50. The normalized spacial score (nSPS) is 21.5. The molecule has 1 aromatic carbocycles. The van der Waals surface area contributed by atoms with E-state index >= 15 is 0 Å². The summed E-state index contributed by atoms with van der Waals surface area (Å²) >= 11 is 5.97. The molecular formula is C14H19ClNO6PS. The second-order valence-electron chi connectivity index (χ2n) is 5.10. The maximum Gasteiger partial charge on any atom is 0.550 e. The first kappa shape index (κ1) is 19.4. The van der Waals surface area contributed by atoms with Gasteiger partial charge in [0.25, 0.3) is 0 Å². The van der Waals surface area contributed by atoms with Gasteiger partial charge in [-0.1, -0.05) is 16.8 Å². The van der Waals surface area contributed by atoms with Crippen LogP contribution in [0.2, 0.25) is 5.02 Å². The highest BCUT2D eigenvalue weighted by Crippen LogP contribution is 2.49. The van der Waals surface area contributed by atoms with Crippen LogP contribution in [0.1, 0.15) is 32.8 Å². The van der Waals surface area contributed by atoms with Crippen LogP contribution < -0.4 is 0 Å². The molecule has 1 heterocycles. The summed E-state index contributed by atoms with van der Waals surface area (Å²) in [5.74, 6) is 0. The van der Waals surface area contributed by atoms with Gasteiger partial charge in [0.1, 0.15) is 0 Å². The molecule has 0 aromatic heterocycles. The van der Waals surface area contributed by atoms with E-state index in [-0.39, 0.29) is 24.5 Å². The molecule has 0 unspecified atom stereocenters. The van der Waals surface area contributed by atoms with Gasteiger partial charge < -0.3 is 0 Å². The van der Waals surface area contributed by atoms with Crippen LogP contribution in [-0.4, -0.2) is 32.6 Å². The number of rotatable bonds is 6. The van der Waals surface area contributed by atoms with Crippen molar-refractivity contribution in [2.24, 2.45) is 5.16 Å². The zero-order valence-corrected chi connectivity index (χ0v) is 16.0. The Hall–Kier alpha value is -0.920. The van der Waals surface area contributed by atoms with Gasteiger partial charge in [0.05, 0.1) is 29.1 Å². The quantitative estimate of drug-likeness (QED) is 0.537. The number of sulfone groups is 1. The fourth-order valence-corrected chi connectivity index (χ4v) is 4.99. The summed E-state index contributed by atoms with van der Waals surface area (Å²) in [7, 11) is -7.30. The van der Waals surface area contributed by atoms with Crippen LogP contribution >= 0.6 is 19.4 Å². The number of phosphoric acid groups is 1. The first-order valence-corrected chi connectivity index (χ1v) is 10.8. The molecule has 0 amide bonds. The molecule has 0 fully saturated rings. The number of benzene rings is 1. The smallest absolute Gasteiger partial charge is 0.292 e. The van der Waals surface area contributed by atoms with Gasteiger partial charge in [0.15, 0.2) is 9.84 Å². The number of oxime groups is 1. The molecule has 2 rings (SSSR count). The van der Waals surface area contributed by atoms with E-state index in [0.29, 0.717) is 16.3 Å². The van der Waals surface area contributed by atoms with Gasteiger partial charge in [-0.05, 0) is 39.0 Å². The van der Waals surface area contributed by atoms with Gasteiger partial charge in [0.2, 0.25) is 0 Å². The molecule has 7 nitrogen and oxygen atoms in total. The molecule has 1 atom stereocenters. The van der Waals surface area contributed by atoms with E-state index in [4.69, 9.17) is 25.3 Å². The Balaban J connectivity index is 2.44. The van der Waals surface area contributed by atoms with Crippen LogP contribution in [0.5, 0.6) is 0 Å². The standard InChI is InChI=1S/C14H19ClNO6PS/c1-4-20-23(17,21-5-2)22-16-13-8-10(3)24(18,19)14-7-6-11(15)9-12(13)14/h6-7,9-10H,4-5,8H2,1-3H3/b16-13-/t10-/m0/s1. The Morgan fingerprint density at radius 2 is 1.92 bits per heavy atom. The number of hydrogen-bond donors (Lipinski definition) is 0. The Morgan fingerprint density at radius 1 is 1.29 bits per heavy atom. The van der Waals surface area contributed by atoms with E-state index in [1.165, 1.54) is 18.2 Å². The van der Waals surface area contributed by atoms with Crippen molar-refractivity contribution in [2.75, 3.05) is 13.2 Å². The maximum absolute atomic E-state index is 12.4. The highest BCUT2D eigenvalue weighted by molar-refractivity contribution is 7.92. The lowest BCUT2D eigenvalue weighted by Crippen LogP contribution is -2.29. The minimum Gasteiger partial charge on any atom is -0.292 e. The summed E-state index contributed by atoms with van der Waals surface area (Å²) < 4.78 is 52.2. The monoisotopic (exact) mass is 395 g/mol. The van der Waals surface area contributed by atoms with Gasteiger partial charge in [-0.2, -0.15) is 0 Å². The molecule has 1 aromatic rings. The Kier molecular flexibility index (Phi) is 6.09. The number of phosphoric ester groups is 1. The lowest BCUT2D eigenvalue weighted by atomic mass is 10.1. The third-order valence-corrected chi connectivity index (χ3v) is 7.26. The molecule has 0 radical (unpaired) electrons. The molecule has 0 bridgehead atoms. The summed E-state index contributed by atoms with van der Waals surface area (Å²) in [6.07, 6.45) is 0.105. The Morgan fingerprint density at radius 3 is 2.50 bits per heavy atom. The molecule has 0 spiro atoms. The third-order valence-electron chi connectivity index (χ3n) is 3.40. The minimum atomic E-state index is -3.83. The Bertz CT molecular complexity index is 784. The summed E-state index contributed by atoms with van der Waals surface area (Å²) in [5.41, 5.74) is 0.662. The van der Waals surface area contributed by atoms with Crippen LogP contribution in [0, 0.1) is 0 Å². The van der Waals surface area contributed by atoms with Crippen molar-refractivity contribution in [3.8, 4) is 0 Å². The van der Waals surface area contributed by atoms with Crippen molar-refractivity contribution < 1.29 is 26.7 Å². The van der Waals surface area contributed by atoms with Crippen molar-refractivity contribution >= 4 is 35.0 Å². The average molecular weight is 396 g/mol. The molecular weight excluding hydrogens is 377 g/mol. The van der Waals surface area contributed by atoms with Crippen molar-refractivity contribution in [2.45, 2.75) is 37.3 Å². The molecule has 1 aliphatic heterocycles. The maximum atomic E-state index is 12.4. The Labute approximate surface area is 146 Å². The van der Waals surface area contributed by atoms with Crippen molar-refractivity contribution in [3.63, 3.8) is 0 Å². The number of fused-ring (bicyclic) bond motifs is 1. The van der Waals surface area contributed by atoms with Gasteiger partial charge >= 0.3 is 7.82 Å². The molecule has 10 heteroatoms. The second kappa shape index (κ2) is 7.54. The minimum absolute atomic E-state index is 0.105. The zero-order chi connectivity index (χ0) is 18.0. The van der Waals surface area contributed by atoms with E-state index in [1.807, 2.05) is 0 Å². The molecule has 0 saturated heterocycles. The van der Waals surface area contributed by atoms with Crippen LogP contribution in [0.15, 0.2) is 28.3 Å². The predicted molar refractivity (Wildman–Crippen MR) is 91.2 cm³/mol. The fourth-order valence-electron chi connectivity index (χ4n) is 2.27. The van der Waals surface area contributed by atoms with Crippen LogP contribution in [0.4, 0.5) is 0 Å². The molecule has 1 aliphatic rings.